The van der Waals surface area contributed by atoms with Gasteiger partial charge in [0.1, 0.15) is 5.52 Å². The maximum Gasteiger partial charge on any atom is 0.300 e. The van der Waals surface area contributed by atoms with Crippen molar-refractivity contribution in [1.82, 2.24) is 4.98 Å². The number of hydrogen-bond acceptors (Lipinski definition) is 3. The molecule has 96 valence electrons. The lowest BCUT2D eigenvalue weighted by Crippen LogP contribution is -1.90. The van der Waals surface area contributed by atoms with Crippen molar-refractivity contribution >= 4 is 57.6 Å². The van der Waals surface area contributed by atoms with Gasteiger partial charge < -0.3 is 9.73 Å². The monoisotopic (exact) mass is 312 g/mol. The van der Waals surface area contributed by atoms with E-state index >= 15 is 0 Å². The van der Waals surface area contributed by atoms with E-state index in [4.69, 9.17) is 39.2 Å². The number of nitrogens with zero attached hydrogens (tertiary/aromatic N) is 1. The standard InChI is InChI=1S/C13H7Cl3N2O/c14-7-1-3-9(16)10(5-7)17-13-18-11-6-8(15)2-4-12(11)19-13/h1-6H,(H,17,18). The minimum atomic E-state index is 0.335. The van der Waals surface area contributed by atoms with E-state index in [-0.39, 0.29) is 0 Å². The fourth-order valence-electron chi connectivity index (χ4n) is 1.66. The SMILES string of the molecule is Clc1ccc(Cl)c(Nc2nc3cc(Cl)ccc3o2)c1. The van der Waals surface area contributed by atoms with Gasteiger partial charge in [0.05, 0.1) is 10.7 Å². The van der Waals surface area contributed by atoms with Crippen LogP contribution in [-0.2, 0) is 0 Å². The summed E-state index contributed by atoms with van der Waals surface area (Å²) >= 11 is 17.9. The molecule has 0 aliphatic heterocycles. The van der Waals surface area contributed by atoms with Gasteiger partial charge in [0.2, 0.25) is 0 Å². The van der Waals surface area contributed by atoms with Gasteiger partial charge in [-0.05, 0) is 36.4 Å². The van der Waals surface area contributed by atoms with Crippen LogP contribution in [0.2, 0.25) is 15.1 Å². The third-order valence-corrected chi connectivity index (χ3v) is 3.32. The molecule has 0 saturated heterocycles. The molecule has 0 fully saturated rings. The molecule has 2 aromatic carbocycles. The highest BCUT2D eigenvalue weighted by molar-refractivity contribution is 6.35. The molecule has 0 spiro atoms. The fourth-order valence-corrected chi connectivity index (χ4v) is 2.17. The Morgan fingerprint density at radius 3 is 2.53 bits per heavy atom. The lowest BCUT2D eigenvalue weighted by molar-refractivity contribution is 0.623. The second kappa shape index (κ2) is 4.93. The minimum absolute atomic E-state index is 0.335. The Morgan fingerprint density at radius 2 is 1.68 bits per heavy atom. The Labute approximate surface area is 124 Å². The first kappa shape index (κ1) is 12.6. The van der Waals surface area contributed by atoms with Gasteiger partial charge in [0.25, 0.3) is 6.01 Å². The van der Waals surface area contributed by atoms with E-state index < -0.39 is 0 Å². The van der Waals surface area contributed by atoms with Gasteiger partial charge in [-0.3, -0.25) is 0 Å². The van der Waals surface area contributed by atoms with Crippen molar-refractivity contribution in [3.8, 4) is 0 Å². The number of nitrogens with one attached hydrogen (secondary N) is 1. The first-order valence-corrected chi connectivity index (χ1v) is 6.53. The van der Waals surface area contributed by atoms with Crippen LogP contribution in [0.5, 0.6) is 0 Å². The van der Waals surface area contributed by atoms with Gasteiger partial charge in [-0.15, -0.1) is 0 Å². The molecule has 0 unspecified atom stereocenters. The number of aromatic nitrogens is 1. The number of benzene rings is 2. The van der Waals surface area contributed by atoms with E-state index in [0.717, 1.165) is 0 Å². The van der Waals surface area contributed by atoms with Gasteiger partial charge >= 0.3 is 0 Å². The molecule has 3 rings (SSSR count). The van der Waals surface area contributed by atoms with Crippen LogP contribution in [0.25, 0.3) is 11.1 Å². The second-order valence-electron chi connectivity index (χ2n) is 3.88. The van der Waals surface area contributed by atoms with Crippen LogP contribution >= 0.6 is 34.8 Å². The molecule has 3 nitrogen and oxygen atoms in total. The summed E-state index contributed by atoms with van der Waals surface area (Å²) in [4.78, 5) is 4.28. The molecule has 0 atom stereocenters. The summed E-state index contributed by atoms with van der Waals surface area (Å²) in [6.07, 6.45) is 0. The summed E-state index contributed by atoms with van der Waals surface area (Å²) < 4.78 is 5.54. The summed E-state index contributed by atoms with van der Waals surface area (Å²) in [5, 5.41) is 4.70. The Bertz CT molecular complexity index is 755. The Kier molecular flexibility index (Phi) is 3.27. The molecular formula is C13H7Cl3N2O. The zero-order chi connectivity index (χ0) is 13.4. The summed E-state index contributed by atoms with van der Waals surface area (Å²) in [5.41, 5.74) is 1.95. The van der Waals surface area contributed by atoms with Crippen LogP contribution < -0.4 is 5.32 Å². The molecule has 0 bridgehead atoms. The van der Waals surface area contributed by atoms with Crippen molar-refractivity contribution in [3.63, 3.8) is 0 Å². The van der Waals surface area contributed by atoms with Gasteiger partial charge in [-0.2, -0.15) is 4.98 Å². The predicted octanol–water partition coefficient (Wildman–Crippen LogP) is 5.53. The molecular weight excluding hydrogens is 307 g/mol. The lowest BCUT2D eigenvalue weighted by Gasteiger charge is -2.04. The highest BCUT2D eigenvalue weighted by Crippen LogP contribution is 2.30. The Hall–Kier alpha value is -1.42. The topological polar surface area (TPSA) is 38.1 Å². The Balaban J connectivity index is 1.98. The molecule has 0 aliphatic rings. The molecule has 6 heteroatoms. The number of rotatable bonds is 2. The van der Waals surface area contributed by atoms with Crippen molar-refractivity contribution in [2.75, 3.05) is 5.32 Å². The fraction of sp³-hybridized carbons (Fsp3) is 0. The van der Waals surface area contributed by atoms with Crippen LogP contribution in [0.1, 0.15) is 0 Å². The van der Waals surface area contributed by atoms with E-state index in [9.17, 15) is 0 Å². The first-order chi connectivity index (χ1) is 9.11. The second-order valence-corrected chi connectivity index (χ2v) is 5.16. The summed E-state index contributed by atoms with van der Waals surface area (Å²) in [6.45, 7) is 0. The predicted molar refractivity (Wildman–Crippen MR) is 78.8 cm³/mol. The number of halogens is 3. The maximum absolute atomic E-state index is 6.06. The minimum Gasteiger partial charge on any atom is -0.423 e. The van der Waals surface area contributed by atoms with E-state index in [0.29, 0.717) is 37.9 Å². The highest BCUT2D eigenvalue weighted by atomic mass is 35.5. The number of hydrogen-bond donors (Lipinski definition) is 1. The molecule has 0 radical (unpaired) electrons. The van der Waals surface area contributed by atoms with Gasteiger partial charge in [0.15, 0.2) is 5.58 Å². The zero-order valence-corrected chi connectivity index (χ0v) is 11.7. The molecule has 19 heavy (non-hydrogen) atoms. The molecule has 0 amide bonds. The maximum atomic E-state index is 6.06. The highest BCUT2D eigenvalue weighted by Gasteiger charge is 2.08. The normalized spacial score (nSPS) is 10.9. The smallest absolute Gasteiger partial charge is 0.300 e. The van der Waals surface area contributed by atoms with Gasteiger partial charge in [0, 0.05) is 10.0 Å². The summed E-state index contributed by atoms with van der Waals surface area (Å²) in [7, 11) is 0. The van der Waals surface area contributed by atoms with Crippen molar-refractivity contribution < 1.29 is 4.42 Å². The van der Waals surface area contributed by atoms with Crippen molar-refractivity contribution in [1.29, 1.82) is 0 Å². The van der Waals surface area contributed by atoms with Crippen LogP contribution in [0.4, 0.5) is 11.7 Å². The van der Waals surface area contributed by atoms with Gasteiger partial charge in [-0.25, -0.2) is 0 Å². The zero-order valence-electron chi connectivity index (χ0n) is 9.45. The third kappa shape index (κ3) is 2.63. The third-order valence-electron chi connectivity index (χ3n) is 2.52. The van der Waals surface area contributed by atoms with Crippen LogP contribution in [0, 0.1) is 0 Å². The molecule has 0 aliphatic carbocycles. The van der Waals surface area contributed by atoms with Crippen LogP contribution in [-0.4, -0.2) is 4.98 Å². The summed E-state index contributed by atoms with van der Waals surface area (Å²) in [5.74, 6) is 0. The van der Waals surface area contributed by atoms with Crippen LogP contribution in [0.3, 0.4) is 0 Å². The van der Waals surface area contributed by atoms with E-state index in [1.54, 1.807) is 36.4 Å². The summed E-state index contributed by atoms with van der Waals surface area (Å²) in [6, 6.07) is 10.7. The largest absolute Gasteiger partial charge is 0.423 e. The van der Waals surface area contributed by atoms with E-state index in [1.165, 1.54) is 0 Å². The van der Waals surface area contributed by atoms with Crippen LogP contribution in [0.15, 0.2) is 40.8 Å². The van der Waals surface area contributed by atoms with E-state index in [2.05, 4.69) is 10.3 Å². The molecule has 1 N–H and O–H groups in total. The van der Waals surface area contributed by atoms with Crippen molar-refractivity contribution in [2.24, 2.45) is 0 Å². The molecule has 0 saturated carbocycles. The lowest BCUT2D eigenvalue weighted by atomic mass is 10.3. The average Bonchev–Trinajstić information content (AvgIpc) is 2.75. The van der Waals surface area contributed by atoms with Gasteiger partial charge in [-0.1, -0.05) is 34.8 Å². The molecule has 1 heterocycles. The number of anilines is 2. The average molecular weight is 314 g/mol. The number of oxazole rings is 1. The Morgan fingerprint density at radius 1 is 0.947 bits per heavy atom. The first-order valence-electron chi connectivity index (χ1n) is 5.40. The van der Waals surface area contributed by atoms with Crippen molar-refractivity contribution in [3.05, 3.63) is 51.5 Å². The molecule has 1 aromatic heterocycles. The molecule has 3 aromatic rings. The number of fused-ring (bicyclic) bond motifs is 1. The quantitative estimate of drug-likeness (QED) is 0.676. The van der Waals surface area contributed by atoms with Crippen molar-refractivity contribution in [2.45, 2.75) is 0 Å². The van der Waals surface area contributed by atoms with E-state index in [1.807, 2.05) is 0 Å².